The quantitative estimate of drug-likeness (QED) is 0.528. The second kappa shape index (κ2) is 6.02. The van der Waals surface area contributed by atoms with Crippen molar-refractivity contribution >= 4 is 18.4 Å². The van der Waals surface area contributed by atoms with E-state index in [2.05, 4.69) is 0 Å². The van der Waals surface area contributed by atoms with E-state index in [0.29, 0.717) is 17.1 Å². The summed E-state index contributed by atoms with van der Waals surface area (Å²) in [5, 5.41) is 1.62. The van der Waals surface area contributed by atoms with E-state index in [0.717, 1.165) is 39.3 Å². The van der Waals surface area contributed by atoms with Crippen molar-refractivity contribution in [2.75, 3.05) is 7.11 Å². The second-order valence-corrected chi connectivity index (χ2v) is 6.50. The molecule has 0 spiro atoms. The molecule has 2 aliphatic heterocycles. The summed E-state index contributed by atoms with van der Waals surface area (Å²) in [5.74, 6) is 2.85. The van der Waals surface area contributed by atoms with Crippen molar-refractivity contribution in [1.82, 2.24) is 0 Å². The first-order valence-corrected chi connectivity index (χ1v) is 8.70. The Balaban J connectivity index is 1.63. The number of benzene rings is 3. The van der Waals surface area contributed by atoms with Crippen LogP contribution in [0.25, 0.3) is 12.2 Å². The van der Waals surface area contributed by atoms with Gasteiger partial charge in [0.05, 0.1) is 12.7 Å². The third-order valence-corrected chi connectivity index (χ3v) is 4.93. The Kier molecular flexibility index (Phi) is 3.50. The number of hydrogen-bond donors (Lipinski definition) is 0. The summed E-state index contributed by atoms with van der Waals surface area (Å²) in [6.45, 7) is 0. The molecule has 1 unspecified atom stereocenters. The van der Waals surface area contributed by atoms with Gasteiger partial charge < -0.3 is 14.2 Å². The first kappa shape index (κ1) is 15.7. The SMILES string of the molecule is COc1ccc(C2C=c3cc4c(c(C=O)c3O2)=Cc2ccccc2O4)cc1. The minimum atomic E-state index is -0.254. The molecule has 0 aromatic heterocycles. The summed E-state index contributed by atoms with van der Waals surface area (Å²) in [5.41, 5.74) is 2.46. The summed E-state index contributed by atoms with van der Waals surface area (Å²) < 4.78 is 17.4. The lowest BCUT2D eigenvalue weighted by Gasteiger charge is -2.17. The Hall–Kier alpha value is -3.53. The molecular formula is C23H16O4. The van der Waals surface area contributed by atoms with Gasteiger partial charge in [0.1, 0.15) is 29.1 Å². The van der Waals surface area contributed by atoms with Crippen LogP contribution in [-0.4, -0.2) is 13.4 Å². The summed E-state index contributed by atoms with van der Waals surface area (Å²) in [4.78, 5) is 11.9. The molecule has 0 saturated carbocycles. The van der Waals surface area contributed by atoms with Gasteiger partial charge in [-0.25, -0.2) is 0 Å². The molecule has 0 aliphatic carbocycles. The molecule has 2 heterocycles. The lowest BCUT2D eigenvalue weighted by atomic mass is 10.0. The number of ether oxygens (including phenoxy) is 3. The number of para-hydroxylation sites is 1. The van der Waals surface area contributed by atoms with E-state index >= 15 is 0 Å². The number of rotatable bonds is 3. The van der Waals surface area contributed by atoms with Crippen LogP contribution in [0.15, 0.2) is 54.6 Å². The smallest absolute Gasteiger partial charge is 0.154 e. The molecule has 1 atom stereocenters. The lowest BCUT2D eigenvalue weighted by molar-refractivity contribution is 0.111. The van der Waals surface area contributed by atoms with Gasteiger partial charge in [0.25, 0.3) is 0 Å². The third-order valence-electron chi connectivity index (χ3n) is 4.93. The molecule has 3 aromatic carbocycles. The van der Waals surface area contributed by atoms with Crippen LogP contribution in [0.4, 0.5) is 0 Å². The van der Waals surface area contributed by atoms with Crippen LogP contribution in [0, 0.1) is 0 Å². The van der Waals surface area contributed by atoms with Crippen LogP contribution in [0.1, 0.15) is 27.6 Å². The van der Waals surface area contributed by atoms with E-state index in [-0.39, 0.29) is 6.10 Å². The van der Waals surface area contributed by atoms with Crippen molar-refractivity contribution in [3.63, 3.8) is 0 Å². The molecule has 4 heteroatoms. The first-order chi connectivity index (χ1) is 13.3. The number of carbonyl (C=O) groups excluding carboxylic acids is 1. The summed E-state index contributed by atoms with van der Waals surface area (Å²) in [6.07, 6.45) is 4.57. The third kappa shape index (κ3) is 2.49. The molecule has 0 radical (unpaired) electrons. The minimum absolute atomic E-state index is 0.254. The number of carbonyl (C=O) groups is 1. The Bertz CT molecular complexity index is 1180. The van der Waals surface area contributed by atoms with Crippen LogP contribution in [0.2, 0.25) is 0 Å². The van der Waals surface area contributed by atoms with Crippen LogP contribution in [-0.2, 0) is 0 Å². The van der Waals surface area contributed by atoms with Crippen molar-refractivity contribution in [3.05, 3.63) is 81.7 Å². The predicted molar refractivity (Wildman–Crippen MR) is 102 cm³/mol. The molecule has 132 valence electrons. The highest BCUT2D eigenvalue weighted by Gasteiger charge is 2.24. The number of fused-ring (bicyclic) bond motifs is 3. The van der Waals surface area contributed by atoms with E-state index in [1.165, 1.54) is 0 Å². The van der Waals surface area contributed by atoms with Gasteiger partial charge in [-0.15, -0.1) is 0 Å². The average molecular weight is 356 g/mol. The van der Waals surface area contributed by atoms with Gasteiger partial charge in [-0.2, -0.15) is 0 Å². The minimum Gasteiger partial charge on any atom is -0.497 e. The first-order valence-electron chi connectivity index (χ1n) is 8.70. The highest BCUT2D eigenvalue weighted by molar-refractivity contribution is 5.84. The van der Waals surface area contributed by atoms with E-state index in [9.17, 15) is 4.79 Å². The molecule has 2 aliphatic rings. The summed E-state index contributed by atoms with van der Waals surface area (Å²) >= 11 is 0. The molecule has 3 aromatic rings. The lowest BCUT2D eigenvalue weighted by Crippen LogP contribution is -2.21. The zero-order chi connectivity index (χ0) is 18.4. The molecule has 27 heavy (non-hydrogen) atoms. The molecule has 0 amide bonds. The number of hydrogen-bond acceptors (Lipinski definition) is 4. The predicted octanol–water partition coefficient (Wildman–Crippen LogP) is 3.36. The van der Waals surface area contributed by atoms with E-state index in [1.54, 1.807) is 7.11 Å². The normalized spacial score (nSPS) is 15.8. The topological polar surface area (TPSA) is 44.8 Å². The molecule has 0 bridgehead atoms. The van der Waals surface area contributed by atoms with Crippen LogP contribution >= 0.6 is 0 Å². The summed E-state index contributed by atoms with van der Waals surface area (Å²) in [7, 11) is 1.64. The van der Waals surface area contributed by atoms with Crippen LogP contribution < -0.4 is 24.6 Å². The van der Waals surface area contributed by atoms with Gasteiger partial charge in [-0.1, -0.05) is 30.3 Å². The molecule has 0 N–H and O–H groups in total. The maximum atomic E-state index is 11.9. The standard InChI is InChI=1S/C23H16O4/c1-25-17-8-6-14(7-9-17)21-11-16-12-22-18(19(13-24)23(16)27-21)10-15-4-2-3-5-20(15)26-22/h2-13,21H,1H3. The fourth-order valence-electron chi connectivity index (χ4n) is 3.55. The molecule has 4 nitrogen and oxygen atoms in total. The van der Waals surface area contributed by atoms with Gasteiger partial charge in [0.2, 0.25) is 0 Å². The van der Waals surface area contributed by atoms with E-state index in [1.807, 2.05) is 66.7 Å². The second-order valence-electron chi connectivity index (χ2n) is 6.50. The van der Waals surface area contributed by atoms with Crippen LogP contribution in [0.3, 0.4) is 0 Å². The van der Waals surface area contributed by atoms with Crippen molar-refractivity contribution in [2.24, 2.45) is 0 Å². The molecular weight excluding hydrogens is 340 g/mol. The van der Waals surface area contributed by atoms with Crippen molar-refractivity contribution in [3.8, 4) is 23.0 Å². The number of aldehydes is 1. The molecule has 0 saturated heterocycles. The Morgan fingerprint density at radius 3 is 2.63 bits per heavy atom. The largest absolute Gasteiger partial charge is 0.497 e. The van der Waals surface area contributed by atoms with Gasteiger partial charge in [-0.3, -0.25) is 4.79 Å². The van der Waals surface area contributed by atoms with Gasteiger partial charge in [0, 0.05) is 16.0 Å². The van der Waals surface area contributed by atoms with Gasteiger partial charge in [0.15, 0.2) is 6.29 Å². The Morgan fingerprint density at radius 1 is 1.04 bits per heavy atom. The molecule has 0 fully saturated rings. The fraction of sp³-hybridized carbons (Fsp3) is 0.0870. The van der Waals surface area contributed by atoms with Crippen molar-refractivity contribution in [2.45, 2.75) is 6.10 Å². The maximum absolute atomic E-state index is 11.9. The van der Waals surface area contributed by atoms with Crippen LogP contribution in [0.5, 0.6) is 23.0 Å². The van der Waals surface area contributed by atoms with Gasteiger partial charge in [-0.05, 0) is 42.0 Å². The Morgan fingerprint density at radius 2 is 1.85 bits per heavy atom. The van der Waals surface area contributed by atoms with E-state index < -0.39 is 0 Å². The zero-order valence-corrected chi connectivity index (χ0v) is 14.6. The highest BCUT2D eigenvalue weighted by Crippen LogP contribution is 2.33. The van der Waals surface area contributed by atoms with Crippen molar-refractivity contribution < 1.29 is 19.0 Å². The molecule has 5 rings (SSSR count). The number of methoxy groups -OCH3 is 1. The fourth-order valence-corrected chi connectivity index (χ4v) is 3.55. The monoisotopic (exact) mass is 356 g/mol. The average Bonchev–Trinajstić information content (AvgIpc) is 3.14. The van der Waals surface area contributed by atoms with Crippen molar-refractivity contribution in [1.29, 1.82) is 0 Å². The van der Waals surface area contributed by atoms with Gasteiger partial charge >= 0.3 is 0 Å². The highest BCUT2D eigenvalue weighted by atomic mass is 16.5. The summed E-state index contributed by atoms with van der Waals surface area (Å²) in [6, 6.07) is 17.4. The maximum Gasteiger partial charge on any atom is 0.154 e. The Labute approximate surface area is 155 Å². The zero-order valence-electron chi connectivity index (χ0n) is 14.6. The van der Waals surface area contributed by atoms with E-state index in [4.69, 9.17) is 14.2 Å².